The largest absolute Gasteiger partial charge is 0.481 e. The van der Waals surface area contributed by atoms with Crippen LogP contribution in [-0.4, -0.2) is 33.3 Å². The Balaban J connectivity index is 1.80. The summed E-state index contributed by atoms with van der Waals surface area (Å²) in [5, 5.41) is 11.5. The number of carboxylic acids is 1. The Hall–Kier alpha value is -3.94. The first-order chi connectivity index (χ1) is 14.4. The van der Waals surface area contributed by atoms with Crippen LogP contribution in [-0.2, 0) is 22.5 Å². The lowest BCUT2D eigenvalue weighted by atomic mass is 10.1. The van der Waals surface area contributed by atoms with Gasteiger partial charge < -0.3 is 14.4 Å². The topological polar surface area (TPSA) is 111 Å². The molecule has 1 aromatic heterocycles. The van der Waals surface area contributed by atoms with Gasteiger partial charge in [0.15, 0.2) is 0 Å². The number of nitrogens with one attached hydrogen (secondary N) is 1. The highest BCUT2D eigenvalue weighted by Crippen LogP contribution is 2.18. The molecular formula is C22H21N3O5. The molecule has 8 nitrogen and oxygen atoms in total. The molecule has 1 heterocycles. The highest BCUT2D eigenvalue weighted by Gasteiger charge is 2.07. The van der Waals surface area contributed by atoms with Crippen molar-refractivity contribution in [2.75, 3.05) is 11.9 Å². The first-order valence-corrected chi connectivity index (χ1v) is 9.35. The third kappa shape index (κ3) is 5.54. The number of hydrogen-bond acceptors (Lipinski definition) is 5. The predicted molar refractivity (Wildman–Crippen MR) is 111 cm³/mol. The summed E-state index contributed by atoms with van der Waals surface area (Å²) in [4.78, 5) is 38.9. The van der Waals surface area contributed by atoms with Crippen LogP contribution in [0.1, 0.15) is 18.1 Å². The van der Waals surface area contributed by atoms with Crippen molar-refractivity contribution in [1.29, 1.82) is 0 Å². The van der Waals surface area contributed by atoms with Gasteiger partial charge in [-0.1, -0.05) is 36.4 Å². The van der Waals surface area contributed by atoms with E-state index in [1.165, 1.54) is 10.8 Å². The minimum Gasteiger partial charge on any atom is -0.481 e. The Morgan fingerprint density at radius 1 is 1.13 bits per heavy atom. The second-order valence-corrected chi connectivity index (χ2v) is 6.55. The van der Waals surface area contributed by atoms with E-state index in [9.17, 15) is 14.4 Å². The summed E-state index contributed by atoms with van der Waals surface area (Å²) >= 11 is 0. The maximum Gasteiger partial charge on any atom is 0.411 e. The lowest BCUT2D eigenvalue weighted by molar-refractivity contribution is -0.136. The molecule has 0 unspecified atom stereocenters. The van der Waals surface area contributed by atoms with E-state index in [1.807, 2.05) is 6.07 Å². The highest BCUT2D eigenvalue weighted by atomic mass is 16.5. The Morgan fingerprint density at radius 2 is 1.90 bits per heavy atom. The average molecular weight is 407 g/mol. The maximum atomic E-state index is 12.3. The van der Waals surface area contributed by atoms with Gasteiger partial charge in [-0.25, -0.2) is 9.78 Å². The van der Waals surface area contributed by atoms with E-state index in [0.717, 1.165) is 11.1 Å². The van der Waals surface area contributed by atoms with E-state index in [4.69, 9.17) is 9.84 Å². The van der Waals surface area contributed by atoms with Crippen LogP contribution in [0.5, 0.6) is 0 Å². The number of rotatable bonds is 7. The summed E-state index contributed by atoms with van der Waals surface area (Å²) in [5.74, 6) is -0.894. The monoisotopic (exact) mass is 407 g/mol. The molecule has 2 N–H and O–H groups in total. The molecule has 0 saturated heterocycles. The van der Waals surface area contributed by atoms with Gasteiger partial charge in [0.25, 0.3) is 5.56 Å². The summed E-state index contributed by atoms with van der Waals surface area (Å²) in [6, 6.07) is 14.1. The average Bonchev–Trinajstić information content (AvgIpc) is 2.70. The zero-order chi connectivity index (χ0) is 21.5. The SMILES string of the molecule is CCOC(=O)Nc1cccc(Cn2cc(-c3ccc(CC(=O)O)cc3)ncc2=O)c1. The number of carboxylic acid groups (broad SMARTS) is 1. The number of carbonyl (C=O) groups is 2. The zero-order valence-corrected chi connectivity index (χ0v) is 16.4. The summed E-state index contributed by atoms with van der Waals surface area (Å²) < 4.78 is 6.40. The fraction of sp³-hybridized carbons (Fsp3) is 0.182. The number of aliphatic carboxylic acids is 1. The molecule has 154 valence electrons. The van der Waals surface area contributed by atoms with Crippen molar-refractivity contribution in [3.63, 3.8) is 0 Å². The van der Waals surface area contributed by atoms with Crippen LogP contribution in [0.25, 0.3) is 11.3 Å². The van der Waals surface area contributed by atoms with Crippen molar-refractivity contribution in [2.24, 2.45) is 0 Å². The summed E-state index contributed by atoms with van der Waals surface area (Å²) in [5.41, 5.74) is 3.19. The summed E-state index contributed by atoms with van der Waals surface area (Å²) in [6.07, 6.45) is 2.31. The summed E-state index contributed by atoms with van der Waals surface area (Å²) in [7, 11) is 0. The number of ether oxygens (including phenoxy) is 1. The van der Waals surface area contributed by atoms with Crippen LogP contribution in [0.4, 0.5) is 10.5 Å². The van der Waals surface area contributed by atoms with Gasteiger partial charge in [0, 0.05) is 17.4 Å². The number of nitrogens with zero attached hydrogens (tertiary/aromatic N) is 2. The quantitative estimate of drug-likeness (QED) is 0.622. The third-order valence-corrected chi connectivity index (χ3v) is 4.28. The number of carbonyl (C=O) groups excluding carboxylic acids is 1. The molecule has 0 aliphatic carbocycles. The van der Waals surface area contributed by atoms with Crippen LogP contribution in [0.3, 0.4) is 0 Å². The minimum absolute atomic E-state index is 0.0522. The maximum absolute atomic E-state index is 12.3. The molecule has 0 bridgehead atoms. The van der Waals surface area contributed by atoms with Crippen molar-refractivity contribution in [2.45, 2.75) is 19.9 Å². The number of anilines is 1. The van der Waals surface area contributed by atoms with Crippen molar-refractivity contribution >= 4 is 17.7 Å². The van der Waals surface area contributed by atoms with Gasteiger partial charge in [0.05, 0.1) is 31.5 Å². The molecule has 0 radical (unpaired) electrons. The van der Waals surface area contributed by atoms with E-state index in [0.29, 0.717) is 23.5 Å². The van der Waals surface area contributed by atoms with Gasteiger partial charge in [-0.15, -0.1) is 0 Å². The predicted octanol–water partition coefficient (Wildman–Crippen LogP) is 3.15. The smallest absolute Gasteiger partial charge is 0.411 e. The number of aromatic nitrogens is 2. The fourth-order valence-corrected chi connectivity index (χ4v) is 2.91. The molecule has 0 atom stereocenters. The van der Waals surface area contributed by atoms with Crippen LogP contribution in [0.2, 0.25) is 0 Å². The minimum atomic E-state index is -0.894. The lowest BCUT2D eigenvalue weighted by Crippen LogP contribution is -2.20. The van der Waals surface area contributed by atoms with Crippen LogP contribution in [0.15, 0.2) is 65.7 Å². The standard InChI is InChI=1S/C22H21N3O5/c1-2-30-22(29)24-18-5-3-4-16(10-18)13-25-14-19(23-12-20(25)26)17-8-6-15(7-9-17)11-21(27)28/h3-10,12,14H,2,11,13H2,1H3,(H,24,29)(H,27,28). The lowest BCUT2D eigenvalue weighted by Gasteiger charge is -2.10. The summed E-state index contributed by atoms with van der Waals surface area (Å²) in [6.45, 7) is 2.30. The molecular weight excluding hydrogens is 386 g/mol. The molecule has 0 aliphatic rings. The van der Waals surface area contributed by atoms with E-state index in [2.05, 4.69) is 10.3 Å². The first kappa shape index (κ1) is 20.8. The van der Waals surface area contributed by atoms with Gasteiger partial charge in [-0.3, -0.25) is 14.9 Å². The van der Waals surface area contributed by atoms with Crippen molar-refractivity contribution < 1.29 is 19.4 Å². The van der Waals surface area contributed by atoms with Crippen molar-refractivity contribution in [1.82, 2.24) is 9.55 Å². The van der Waals surface area contributed by atoms with Gasteiger partial charge in [0.1, 0.15) is 0 Å². The molecule has 8 heteroatoms. The molecule has 3 aromatic rings. The Bertz CT molecular complexity index is 1110. The van der Waals surface area contributed by atoms with Gasteiger partial charge in [-0.2, -0.15) is 0 Å². The Labute approximate surface area is 172 Å². The van der Waals surface area contributed by atoms with Crippen LogP contribution >= 0.6 is 0 Å². The highest BCUT2D eigenvalue weighted by molar-refractivity contribution is 5.84. The Kier molecular flexibility index (Phi) is 6.59. The van der Waals surface area contributed by atoms with Gasteiger partial charge in [0.2, 0.25) is 0 Å². The fourth-order valence-electron chi connectivity index (χ4n) is 2.91. The molecule has 3 rings (SSSR count). The zero-order valence-electron chi connectivity index (χ0n) is 16.4. The normalized spacial score (nSPS) is 10.4. The third-order valence-electron chi connectivity index (χ3n) is 4.28. The van der Waals surface area contributed by atoms with E-state index in [-0.39, 0.29) is 18.6 Å². The van der Waals surface area contributed by atoms with Gasteiger partial charge >= 0.3 is 12.1 Å². The van der Waals surface area contributed by atoms with Gasteiger partial charge in [-0.05, 0) is 30.2 Å². The second kappa shape index (κ2) is 9.51. The number of hydrogen-bond donors (Lipinski definition) is 2. The van der Waals surface area contributed by atoms with E-state index < -0.39 is 12.1 Å². The first-order valence-electron chi connectivity index (χ1n) is 9.35. The van der Waals surface area contributed by atoms with E-state index >= 15 is 0 Å². The molecule has 30 heavy (non-hydrogen) atoms. The Morgan fingerprint density at radius 3 is 2.60 bits per heavy atom. The molecule has 0 aliphatic heterocycles. The number of amides is 1. The molecule has 0 saturated carbocycles. The second-order valence-electron chi connectivity index (χ2n) is 6.55. The number of benzene rings is 2. The van der Waals surface area contributed by atoms with E-state index in [1.54, 1.807) is 55.6 Å². The molecule has 0 spiro atoms. The van der Waals surface area contributed by atoms with Crippen molar-refractivity contribution in [3.05, 3.63) is 82.4 Å². The van der Waals surface area contributed by atoms with Crippen LogP contribution in [0, 0.1) is 0 Å². The molecule has 0 fully saturated rings. The molecule has 2 aromatic carbocycles. The van der Waals surface area contributed by atoms with Crippen molar-refractivity contribution in [3.8, 4) is 11.3 Å². The van der Waals surface area contributed by atoms with Crippen LogP contribution < -0.4 is 10.9 Å². The molecule has 1 amide bonds.